The molecular formula is C16H18N2O2S. The van der Waals surface area contributed by atoms with Gasteiger partial charge in [0.1, 0.15) is 0 Å². The van der Waals surface area contributed by atoms with Crippen LogP contribution in [0.1, 0.15) is 20.1 Å². The molecule has 3 rings (SSSR count). The number of nitrogens with zero attached hydrogens (tertiary/aromatic N) is 2. The number of hydrogen-bond acceptors (Lipinski definition) is 4. The maximum atomic E-state index is 12.4. The smallest absolute Gasteiger partial charge is 0.264 e. The fourth-order valence-electron chi connectivity index (χ4n) is 2.75. The molecule has 1 amide bonds. The zero-order chi connectivity index (χ0) is 14.8. The highest BCUT2D eigenvalue weighted by atomic mass is 32.1. The van der Waals surface area contributed by atoms with Gasteiger partial charge in [0.15, 0.2) is 0 Å². The molecule has 1 aliphatic heterocycles. The summed E-state index contributed by atoms with van der Waals surface area (Å²) in [4.78, 5) is 20.1. The Kier molecular flexibility index (Phi) is 4.03. The third kappa shape index (κ3) is 3.14. The fraction of sp³-hybridized carbons (Fsp3) is 0.375. The molecule has 0 aromatic carbocycles. The molecule has 4 nitrogen and oxygen atoms in total. The van der Waals surface area contributed by atoms with Crippen LogP contribution in [0.5, 0.6) is 0 Å². The number of likely N-dealkylation sites (tertiary alicyclic amines) is 1. The van der Waals surface area contributed by atoms with Crippen molar-refractivity contribution in [2.75, 3.05) is 13.1 Å². The van der Waals surface area contributed by atoms with Crippen molar-refractivity contribution in [3.63, 3.8) is 0 Å². The molecule has 0 bridgehead atoms. The first-order valence-electron chi connectivity index (χ1n) is 7.06. The van der Waals surface area contributed by atoms with E-state index in [2.05, 4.69) is 4.98 Å². The zero-order valence-corrected chi connectivity index (χ0v) is 12.7. The van der Waals surface area contributed by atoms with Crippen LogP contribution in [0.3, 0.4) is 0 Å². The molecule has 5 heteroatoms. The number of thiophene rings is 1. The van der Waals surface area contributed by atoms with E-state index in [1.807, 2.05) is 31.2 Å². The molecule has 2 aromatic rings. The van der Waals surface area contributed by atoms with E-state index in [0.717, 1.165) is 21.7 Å². The van der Waals surface area contributed by atoms with Crippen LogP contribution < -0.4 is 0 Å². The summed E-state index contributed by atoms with van der Waals surface area (Å²) in [5.74, 6) is 0.127. The number of aliphatic hydroxyl groups is 1. The number of rotatable bonds is 3. The summed E-state index contributed by atoms with van der Waals surface area (Å²) in [5, 5.41) is 10.2. The third-order valence-corrected chi connectivity index (χ3v) is 4.88. The molecule has 1 saturated heterocycles. The van der Waals surface area contributed by atoms with Gasteiger partial charge in [-0.05, 0) is 43.2 Å². The molecule has 0 saturated carbocycles. The lowest BCUT2D eigenvalue weighted by atomic mass is 9.97. The van der Waals surface area contributed by atoms with Crippen molar-refractivity contribution in [1.82, 2.24) is 9.88 Å². The van der Waals surface area contributed by atoms with Crippen LogP contribution in [0.15, 0.2) is 36.7 Å². The summed E-state index contributed by atoms with van der Waals surface area (Å²) < 4.78 is 0. The number of β-amino-alcohol motifs (C(OH)–C–C–N with tert-alkyl or cyclic N) is 1. The lowest BCUT2D eigenvalue weighted by Crippen LogP contribution is -2.28. The topological polar surface area (TPSA) is 53.4 Å². The average molecular weight is 302 g/mol. The van der Waals surface area contributed by atoms with Crippen LogP contribution >= 0.6 is 11.3 Å². The molecule has 1 N–H and O–H groups in total. The predicted molar refractivity (Wildman–Crippen MR) is 82.4 cm³/mol. The molecule has 2 atom stereocenters. The maximum Gasteiger partial charge on any atom is 0.264 e. The van der Waals surface area contributed by atoms with E-state index < -0.39 is 6.10 Å². The first kappa shape index (κ1) is 14.2. The fourth-order valence-corrected chi connectivity index (χ4v) is 3.58. The third-order valence-electron chi connectivity index (χ3n) is 3.89. The summed E-state index contributed by atoms with van der Waals surface area (Å²) in [7, 11) is 0. The maximum absolute atomic E-state index is 12.4. The van der Waals surface area contributed by atoms with Crippen LogP contribution in [-0.4, -0.2) is 40.1 Å². The molecule has 0 spiro atoms. The van der Waals surface area contributed by atoms with Gasteiger partial charge in [-0.2, -0.15) is 0 Å². The minimum Gasteiger partial charge on any atom is -0.391 e. The number of hydrogen-bond donors (Lipinski definition) is 1. The minimum absolute atomic E-state index is 0.0318. The number of aliphatic hydroxyl groups excluding tert-OH is 1. The Bertz CT molecular complexity index is 626. The van der Waals surface area contributed by atoms with Gasteiger partial charge in [0, 0.05) is 36.3 Å². The molecule has 3 heterocycles. The number of carbonyl (C=O) groups is 1. The Labute approximate surface area is 128 Å². The van der Waals surface area contributed by atoms with E-state index in [0.29, 0.717) is 13.1 Å². The van der Waals surface area contributed by atoms with E-state index in [4.69, 9.17) is 0 Å². The van der Waals surface area contributed by atoms with Crippen molar-refractivity contribution in [1.29, 1.82) is 0 Å². The van der Waals surface area contributed by atoms with Gasteiger partial charge in [-0.25, -0.2) is 0 Å². The number of pyridine rings is 1. The highest BCUT2D eigenvalue weighted by Crippen LogP contribution is 2.25. The summed E-state index contributed by atoms with van der Waals surface area (Å²) >= 11 is 1.51. The van der Waals surface area contributed by atoms with E-state index in [9.17, 15) is 9.90 Å². The second-order valence-corrected chi connectivity index (χ2v) is 6.80. The van der Waals surface area contributed by atoms with Gasteiger partial charge >= 0.3 is 0 Å². The van der Waals surface area contributed by atoms with Gasteiger partial charge in [-0.1, -0.05) is 0 Å². The first-order valence-corrected chi connectivity index (χ1v) is 7.88. The van der Waals surface area contributed by atoms with Crippen molar-refractivity contribution < 1.29 is 9.90 Å². The molecule has 0 unspecified atom stereocenters. The Morgan fingerprint density at radius 3 is 2.76 bits per heavy atom. The standard InChI is InChI=1S/C16H18N2O2S/c1-11-2-3-15(21-11)16(20)18-9-13(14(19)10-18)8-12-4-6-17-7-5-12/h2-7,13-14,19H,8-10H2,1H3/t13-,14-/m1/s1. The minimum atomic E-state index is -0.455. The van der Waals surface area contributed by atoms with Crippen molar-refractivity contribution in [3.05, 3.63) is 52.0 Å². The molecule has 21 heavy (non-hydrogen) atoms. The lowest BCUT2D eigenvalue weighted by Gasteiger charge is -2.15. The van der Waals surface area contributed by atoms with Gasteiger partial charge in [0.25, 0.3) is 5.91 Å². The molecule has 1 fully saturated rings. The Morgan fingerprint density at radius 1 is 1.33 bits per heavy atom. The van der Waals surface area contributed by atoms with Crippen LogP contribution in [0.4, 0.5) is 0 Å². The highest BCUT2D eigenvalue weighted by molar-refractivity contribution is 7.13. The van der Waals surface area contributed by atoms with Crippen molar-refractivity contribution in [3.8, 4) is 0 Å². The first-order chi connectivity index (χ1) is 10.1. The summed E-state index contributed by atoms with van der Waals surface area (Å²) in [6.45, 7) is 3.03. The summed E-state index contributed by atoms with van der Waals surface area (Å²) in [6.07, 6.45) is 3.84. The Balaban J connectivity index is 1.67. The predicted octanol–water partition coefficient (Wildman–Crippen LogP) is 2.13. The largest absolute Gasteiger partial charge is 0.391 e. The van der Waals surface area contributed by atoms with Gasteiger partial charge < -0.3 is 10.0 Å². The lowest BCUT2D eigenvalue weighted by molar-refractivity contribution is 0.0769. The van der Waals surface area contributed by atoms with Gasteiger partial charge in [-0.15, -0.1) is 11.3 Å². The van der Waals surface area contributed by atoms with Crippen LogP contribution in [-0.2, 0) is 6.42 Å². The van der Waals surface area contributed by atoms with E-state index in [1.165, 1.54) is 11.3 Å². The van der Waals surface area contributed by atoms with Crippen LogP contribution in [0.2, 0.25) is 0 Å². The monoisotopic (exact) mass is 302 g/mol. The van der Waals surface area contributed by atoms with E-state index in [1.54, 1.807) is 17.3 Å². The van der Waals surface area contributed by atoms with Gasteiger partial charge in [-0.3, -0.25) is 9.78 Å². The highest BCUT2D eigenvalue weighted by Gasteiger charge is 2.34. The molecule has 1 aliphatic rings. The Hall–Kier alpha value is -1.72. The number of aromatic nitrogens is 1. The van der Waals surface area contributed by atoms with Gasteiger partial charge in [0.05, 0.1) is 11.0 Å². The molecule has 0 radical (unpaired) electrons. The molecular weight excluding hydrogens is 284 g/mol. The summed E-state index contributed by atoms with van der Waals surface area (Å²) in [6, 6.07) is 7.74. The zero-order valence-electron chi connectivity index (χ0n) is 11.9. The van der Waals surface area contributed by atoms with E-state index in [-0.39, 0.29) is 11.8 Å². The number of amides is 1. The normalized spacial score (nSPS) is 21.7. The molecule has 2 aromatic heterocycles. The summed E-state index contributed by atoms with van der Waals surface area (Å²) in [5.41, 5.74) is 1.15. The Morgan fingerprint density at radius 2 is 2.10 bits per heavy atom. The van der Waals surface area contributed by atoms with E-state index >= 15 is 0 Å². The molecule has 110 valence electrons. The van der Waals surface area contributed by atoms with Gasteiger partial charge in [0.2, 0.25) is 0 Å². The van der Waals surface area contributed by atoms with Crippen molar-refractivity contribution in [2.45, 2.75) is 19.4 Å². The quantitative estimate of drug-likeness (QED) is 0.945. The van der Waals surface area contributed by atoms with Crippen LogP contribution in [0, 0.1) is 12.8 Å². The number of aryl methyl sites for hydroxylation is 1. The van der Waals surface area contributed by atoms with Crippen molar-refractivity contribution >= 4 is 17.2 Å². The van der Waals surface area contributed by atoms with Crippen LogP contribution in [0.25, 0.3) is 0 Å². The average Bonchev–Trinajstić information content (AvgIpc) is 3.06. The second kappa shape index (κ2) is 5.95. The number of carbonyl (C=O) groups excluding carboxylic acids is 1. The molecule has 0 aliphatic carbocycles. The SMILES string of the molecule is Cc1ccc(C(=O)N2C[C@@H](Cc3ccncc3)[C@H](O)C2)s1. The second-order valence-electron chi connectivity index (χ2n) is 5.51. The van der Waals surface area contributed by atoms with Crippen molar-refractivity contribution in [2.24, 2.45) is 5.92 Å².